The molecule has 0 spiro atoms. The van der Waals surface area contributed by atoms with Crippen LogP contribution in [0.15, 0.2) is 35.2 Å². The van der Waals surface area contributed by atoms with Crippen molar-refractivity contribution in [3.63, 3.8) is 0 Å². The zero-order valence-corrected chi connectivity index (χ0v) is 12.4. The van der Waals surface area contributed by atoms with Gasteiger partial charge in [0.2, 0.25) is 10.0 Å². The zero-order chi connectivity index (χ0) is 14.2. The molecule has 1 aromatic carbocycles. The Morgan fingerprint density at radius 1 is 1.25 bits per heavy atom. The van der Waals surface area contributed by atoms with E-state index in [9.17, 15) is 8.42 Å². The van der Waals surface area contributed by atoms with E-state index in [-0.39, 0.29) is 4.90 Å². The molecule has 6 heteroatoms. The lowest BCUT2D eigenvalue weighted by Crippen LogP contribution is -2.25. The van der Waals surface area contributed by atoms with Crippen LogP contribution in [0.2, 0.25) is 5.15 Å². The van der Waals surface area contributed by atoms with Crippen molar-refractivity contribution in [2.45, 2.75) is 24.2 Å². The molecule has 1 N–H and O–H groups in total. The fraction of sp³-hybridized carbons (Fsp3) is 0.357. The summed E-state index contributed by atoms with van der Waals surface area (Å²) in [5.41, 5.74) is 0.689. The second-order valence-electron chi connectivity index (χ2n) is 5.12. The van der Waals surface area contributed by atoms with Crippen molar-refractivity contribution in [3.05, 3.63) is 35.5 Å². The molecular formula is C14H15ClN2O2S. The molecule has 0 aliphatic heterocycles. The van der Waals surface area contributed by atoms with E-state index in [1.165, 1.54) is 12.8 Å². The van der Waals surface area contributed by atoms with Gasteiger partial charge >= 0.3 is 0 Å². The number of nitrogens with one attached hydrogen (secondary N) is 1. The minimum Gasteiger partial charge on any atom is -0.236 e. The van der Waals surface area contributed by atoms with Crippen LogP contribution >= 0.6 is 11.6 Å². The molecule has 20 heavy (non-hydrogen) atoms. The summed E-state index contributed by atoms with van der Waals surface area (Å²) in [6.07, 6.45) is 3.37. The topological polar surface area (TPSA) is 59.1 Å². The zero-order valence-electron chi connectivity index (χ0n) is 10.8. The van der Waals surface area contributed by atoms with Gasteiger partial charge in [0.1, 0.15) is 5.15 Å². The fourth-order valence-corrected chi connectivity index (χ4v) is 3.37. The smallest absolute Gasteiger partial charge is 0.236 e. The fourth-order valence-electron chi connectivity index (χ4n) is 2.13. The summed E-state index contributed by atoms with van der Waals surface area (Å²) < 4.78 is 27.0. The van der Waals surface area contributed by atoms with Crippen molar-refractivity contribution in [2.24, 2.45) is 5.92 Å². The predicted molar refractivity (Wildman–Crippen MR) is 79.3 cm³/mol. The van der Waals surface area contributed by atoms with E-state index in [2.05, 4.69) is 9.71 Å². The number of rotatable bonds is 5. The first-order valence-corrected chi connectivity index (χ1v) is 8.47. The Bertz CT molecular complexity index is 742. The maximum atomic E-state index is 12.2. The second-order valence-corrected chi connectivity index (χ2v) is 7.27. The third-order valence-electron chi connectivity index (χ3n) is 3.48. The van der Waals surface area contributed by atoms with Gasteiger partial charge in [-0.15, -0.1) is 0 Å². The molecule has 0 saturated heterocycles. The largest absolute Gasteiger partial charge is 0.240 e. The van der Waals surface area contributed by atoms with Gasteiger partial charge in [-0.05, 0) is 42.7 Å². The van der Waals surface area contributed by atoms with Crippen molar-refractivity contribution in [2.75, 3.05) is 6.54 Å². The maximum Gasteiger partial charge on any atom is 0.240 e. The molecule has 1 heterocycles. The molecule has 3 rings (SSSR count). The molecule has 2 aromatic rings. The highest BCUT2D eigenvalue weighted by atomic mass is 35.5. The molecular weight excluding hydrogens is 296 g/mol. The Morgan fingerprint density at radius 2 is 2.05 bits per heavy atom. The number of hydrogen-bond donors (Lipinski definition) is 1. The summed E-state index contributed by atoms with van der Waals surface area (Å²) in [6.45, 7) is 0.504. The van der Waals surface area contributed by atoms with E-state index in [0.717, 1.165) is 11.8 Å². The molecule has 4 nitrogen and oxygen atoms in total. The van der Waals surface area contributed by atoms with E-state index >= 15 is 0 Å². The number of sulfonamides is 1. The average molecular weight is 311 g/mol. The molecule has 0 radical (unpaired) electrons. The van der Waals surface area contributed by atoms with Crippen LogP contribution in [0.4, 0.5) is 0 Å². The molecule has 0 bridgehead atoms. The Balaban J connectivity index is 1.82. The number of aromatic nitrogens is 1. The lowest BCUT2D eigenvalue weighted by molar-refractivity contribution is 0.575. The first-order valence-electron chi connectivity index (χ1n) is 6.60. The summed E-state index contributed by atoms with van der Waals surface area (Å²) in [5.74, 6) is 0.709. The van der Waals surface area contributed by atoms with Gasteiger partial charge in [0, 0.05) is 11.9 Å². The highest BCUT2D eigenvalue weighted by Crippen LogP contribution is 2.31. The van der Waals surface area contributed by atoms with Gasteiger partial charge in [0.25, 0.3) is 0 Å². The predicted octanol–water partition coefficient (Wildman–Crippen LogP) is 2.97. The first-order chi connectivity index (χ1) is 9.54. The number of fused-ring (bicyclic) bond motifs is 1. The summed E-state index contributed by atoms with van der Waals surface area (Å²) in [7, 11) is -3.44. The highest BCUT2D eigenvalue weighted by Gasteiger charge is 2.22. The average Bonchev–Trinajstić information content (AvgIpc) is 3.22. The summed E-state index contributed by atoms with van der Waals surface area (Å²) in [6, 6.07) is 8.29. The SMILES string of the molecule is O=S(=O)(NCCC1CC1)c1ccc2nc(Cl)ccc2c1. The second kappa shape index (κ2) is 5.31. The monoisotopic (exact) mass is 310 g/mol. The van der Waals surface area contributed by atoms with E-state index in [4.69, 9.17) is 11.6 Å². The lowest BCUT2D eigenvalue weighted by atomic mass is 10.2. The van der Waals surface area contributed by atoms with E-state index in [1.54, 1.807) is 30.3 Å². The van der Waals surface area contributed by atoms with Gasteiger partial charge in [-0.2, -0.15) is 0 Å². The normalized spacial score (nSPS) is 15.7. The minimum absolute atomic E-state index is 0.268. The standard InChI is InChI=1S/C14H15ClN2O2S/c15-14-6-3-11-9-12(4-5-13(11)17-14)20(18,19)16-8-7-10-1-2-10/h3-6,9-10,16H,1-2,7-8H2. The molecule has 0 unspecified atom stereocenters. The van der Waals surface area contributed by atoms with Crippen LogP contribution in [0.3, 0.4) is 0 Å². The van der Waals surface area contributed by atoms with Gasteiger partial charge in [-0.3, -0.25) is 0 Å². The Hall–Kier alpha value is -1.17. The van der Waals surface area contributed by atoms with Gasteiger partial charge in [0.05, 0.1) is 10.4 Å². The summed E-state index contributed by atoms with van der Waals surface area (Å²) in [5, 5.41) is 1.16. The molecule has 1 aliphatic carbocycles. The molecule has 1 aliphatic rings. The van der Waals surface area contributed by atoms with Gasteiger partial charge in [-0.1, -0.05) is 24.4 Å². The molecule has 0 atom stereocenters. The quantitative estimate of drug-likeness (QED) is 0.864. The van der Waals surface area contributed by atoms with Crippen molar-refractivity contribution in [1.82, 2.24) is 9.71 Å². The minimum atomic E-state index is -3.44. The maximum absolute atomic E-state index is 12.2. The van der Waals surface area contributed by atoms with Crippen LogP contribution < -0.4 is 4.72 Å². The lowest BCUT2D eigenvalue weighted by Gasteiger charge is -2.07. The van der Waals surface area contributed by atoms with Crippen LogP contribution in [-0.4, -0.2) is 19.9 Å². The molecule has 106 valence electrons. The van der Waals surface area contributed by atoms with E-state index < -0.39 is 10.0 Å². The number of benzene rings is 1. The van der Waals surface area contributed by atoms with Crippen LogP contribution in [-0.2, 0) is 10.0 Å². The van der Waals surface area contributed by atoms with Crippen molar-refractivity contribution in [1.29, 1.82) is 0 Å². The molecule has 0 amide bonds. The van der Waals surface area contributed by atoms with Gasteiger partial charge in [0.15, 0.2) is 0 Å². The first kappa shape index (κ1) is 13.8. The Labute approximate surface area is 123 Å². The number of pyridine rings is 1. The van der Waals surface area contributed by atoms with Crippen LogP contribution in [0.1, 0.15) is 19.3 Å². The van der Waals surface area contributed by atoms with Crippen LogP contribution in [0.25, 0.3) is 10.9 Å². The van der Waals surface area contributed by atoms with E-state index in [1.807, 2.05) is 0 Å². The van der Waals surface area contributed by atoms with Crippen LogP contribution in [0.5, 0.6) is 0 Å². The number of halogens is 1. The highest BCUT2D eigenvalue weighted by molar-refractivity contribution is 7.89. The summed E-state index contributed by atoms with van der Waals surface area (Å²) >= 11 is 5.81. The third kappa shape index (κ3) is 3.11. The third-order valence-corrected chi connectivity index (χ3v) is 5.15. The Morgan fingerprint density at radius 3 is 2.80 bits per heavy atom. The molecule has 1 aromatic heterocycles. The number of hydrogen-bond acceptors (Lipinski definition) is 3. The van der Waals surface area contributed by atoms with Crippen molar-refractivity contribution in [3.8, 4) is 0 Å². The van der Waals surface area contributed by atoms with Crippen molar-refractivity contribution < 1.29 is 8.42 Å². The van der Waals surface area contributed by atoms with E-state index in [0.29, 0.717) is 23.1 Å². The molecule has 1 fully saturated rings. The number of nitrogens with zero attached hydrogens (tertiary/aromatic N) is 1. The Kier molecular flexibility index (Phi) is 3.67. The van der Waals surface area contributed by atoms with Gasteiger partial charge < -0.3 is 0 Å². The van der Waals surface area contributed by atoms with Crippen LogP contribution in [0, 0.1) is 5.92 Å². The summed E-state index contributed by atoms with van der Waals surface area (Å²) in [4.78, 5) is 4.41. The van der Waals surface area contributed by atoms with Crippen molar-refractivity contribution >= 4 is 32.5 Å². The van der Waals surface area contributed by atoms with Gasteiger partial charge in [-0.25, -0.2) is 18.1 Å². The molecule has 1 saturated carbocycles.